The first kappa shape index (κ1) is 21.1. The van der Waals surface area contributed by atoms with E-state index in [0.29, 0.717) is 5.92 Å². The molecular weight excluding hydrogens is 378 g/mol. The number of nitrogens with one attached hydrogen (secondary N) is 1. The minimum absolute atomic E-state index is 0. The molecule has 1 aromatic carbocycles. The molecule has 6 heteroatoms. The summed E-state index contributed by atoms with van der Waals surface area (Å²) in [6.07, 6.45) is 0.986. The Balaban J connectivity index is 0.00000200. The SMILES string of the molecule is CC(C)C[C@H](c1c(F)cccc1Br)N1CCNCC1.Cl.Cl. The largest absolute Gasteiger partial charge is 0.314 e. The highest BCUT2D eigenvalue weighted by atomic mass is 79.9. The molecule has 122 valence electrons. The highest BCUT2D eigenvalue weighted by molar-refractivity contribution is 9.10. The summed E-state index contributed by atoms with van der Waals surface area (Å²) in [6.45, 7) is 8.34. The molecule has 1 aromatic rings. The van der Waals surface area contributed by atoms with Crippen LogP contribution >= 0.6 is 40.7 Å². The molecule has 1 aliphatic heterocycles. The number of hydrogen-bond acceptors (Lipinski definition) is 2. The van der Waals surface area contributed by atoms with Crippen LogP contribution in [0.1, 0.15) is 31.9 Å². The third kappa shape index (κ3) is 5.68. The van der Waals surface area contributed by atoms with Gasteiger partial charge in [0.25, 0.3) is 0 Å². The van der Waals surface area contributed by atoms with Crippen LogP contribution in [0, 0.1) is 11.7 Å². The van der Waals surface area contributed by atoms with E-state index in [1.54, 1.807) is 12.1 Å². The van der Waals surface area contributed by atoms with Crippen molar-refractivity contribution in [3.63, 3.8) is 0 Å². The lowest BCUT2D eigenvalue weighted by molar-refractivity contribution is 0.150. The summed E-state index contributed by atoms with van der Waals surface area (Å²) in [4.78, 5) is 2.40. The molecule has 1 fully saturated rings. The van der Waals surface area contributed by atoms with Gasteiger partial charge in [-0.2, -0.15) is 0 Å². The Hall–Kier alpha value is 0.130. The molecule has 0 saturated carbocycles. The van der Waals surface area contributed by atoms with Crippen molar-refractivity contribution in [2.45, 2.75) is 26.3 Å². The number of benzene rings is 1. The average Bonchev–Trinajstić information content (AvgIpc) is 2.38. The highest BCUT2D eigenvalue weighted by Gasteiger charge is 2.26. The van der Waals surface area contributed by atoms with Crippen LogP contribution in [0.2, 0.25) is 0 Å². The normalized spacial score (nSPS) is 17.0. The first-order chi connectivity index (χ1) is 9.09. The summed E-state index contributed by atoms with van der Waals surface area (Å²) in [6, 6.07) is 5.43. The lowest BCUT2D eigenvalue weighted by Crippen LogP contribution is -2.45. The molecule has 1 aliphatic rings. The smallest absolute Gasteiger partial charge is 0.129 e. The number of rotatable bonds is 4. The van der Waals surface area contributed by atoms with Gasteiger partial charge in [0, 0.05) is 42.3 Å². The first-order valence-electron chi connectivity index (χ1n) is 6.98. The molecule has 0 radical (unpaired) electrons. The Bertz CT molecular complexity index is 406. The minimum Gasteiger partial charge on any atom is -0.314 e. The van der Waals surface area contributed by atoms with Crippen molar-refractivity contribution in [1.29, 1.82) is 0 Å². The number of piperazine rings is 1. The molecule has 0 unspecified atom stereocenters. The molecule has 1 heterocycles. The van der Waals surface area contributed by atoms with Gasteiger partial charge >= 0.3 is 0 Å². The summed E-state index contributed by atoms with van der Waals surface area (Å²) in [7, 11) is 0. The van der Waals surface area contributed by atoms with Crippen molar-refractivity contribution >= 4 is 40.7 Å². The zero-order valence-electron chi connectivity index (χ0n) is 12.4. The molecule has 0 bridgehead atoms. The molecule has 0 aliphatic carbocycles. The van der Waals surface area contributed by atoms with Gasteiger partial charge in [-0.1, -0.05) is 35.8 Å². The zero-order chi connectivity index (χ0) is 13.8. The maximum absolute atomic E-state index is 14.2. The van der Waals surface area contributed by atoms with Crippen molar-refractivity contribution in [3.8, 4) is 0 Å². The quantitative estimate of drug-likeness (QED) is 0.802. The van der Waals surface area contributed by atoms with Crippen molar-refractivity contribution in [2.24, 2.45) is 5.92 Å². The Morgan fingerprint density at radius 3 is 2.38 bits per heavy atom. The Morgan fingerprint density at radius 1 is 1.24 bits per heavy atom. The second kappa shape index (κ2) is 10.0. The summed E-state index contributed by atoms with van der Waals surface area (Å²) >= 11 is 3.52. The number of nitrogens with zero attached hydrogens (tertiary/aromatic N) is 1. The Kier molecular flexibility index (Phi) is 10.1. The van der Waals surface area contributed by atoms with E-state index in [2.05, 4.69) is 40.0 Å². The fraction of sp³-hybridized carbons (Fsp3) is 0.600. The van der Waals surface area contributed by atoms with E-state index < -0.39 is 0 Å². The average molecular weight is 402 g/mol. The molecule has 0 spiro atoms. The van der Waals surface area contributed by atoms with Crippen LogP contribution < -0.4 is 5.32 Å². The predicted molar refractivity (Wildman–Crippen MR) is 95.2 cm³/mol. The maximum atomic E-state index is 14.2. The van der Waals surface area contributed by atoms with Crippen molar-refractivity contribution in [1.82, 2.24) is 10.2 Å². The molecule has 2 rings (SSSR count). The minimum atomic E-state index is -0.0986. The zero-order valence-corrected chi connectivity index (χ0v) is 15.7. The van der Waals surface area contributed by atoms with Crippen LogP contribution in [0.25, 0.3) is 0 Å². The summed E-state index contributed by atoms with van der Waals surface area (Å²) in [5, 5.41) is 3.36. The molecule has 0 amide bonds. The Morgan fingerprint density at radius 2 is 1.86 bits per heavy atom. The van der Waals surface area contributed by atoms with Crippen LogP contribution in [0.3, 0.4) is 0 Å². The van der Waals surface area contributed by atoms with E-state index in [1.165, 1.54) is 0 Å². The predicted octanol–water partition coefficient (Wildman–Crippen LogP) is 4.42. The van der Waals surface area contributed by atoms with Crippen LogP contribution in [-0.4, -0.2) is 31.1 Å². The number of halogens is 4. The van der Waals surface area contributed by atoms with Crippen LogP contribution in [0.4, 0.5) is 4.39 Å². The van der Waals surface area contributed by atoms with Gasteiger partial charge in [-0.25, -0.2) is 4.39 Å². The monoisotopic (exact) mass is 400 g/mol. The molecule has 21 heavy (non-hydrogen) atoms. The first-order valence-corrected chi connectivity index (χ1v) is 7.77. The summed E-state index contributed by atoms with van der Waals surface area (Å²) in [5.74, 6) is 0.449. The molecule has 1 atom stereocenters. The third-order valence-electron chi connectivity index (χ3n) is 3.62. The van der Waals surface area contributed by atoms with E-state index in [9.17, 15) is 4.39 Å². The van der Waals surface area contributed by atoms with Crippen molar-refractivity contribution < 1.29 is 4.39 Å². The van der Waals surface area contributed by atoms with Gasteiger partial charge < -0.3 is 5.32 Å². The van der Waals surface area contributed by atoms with Gasteiger partial charge in [0.1, 0.15) is 5.82 Å². The topological polar surface area (TPSA) is 15.3 Å². The lowest BCUT2D eigenvalue weighted by Gasteiger charge is -2.36. The van der Waals surface area contributed by atoms with Gasteiger partial charge in [0.15, 0.2) is 0 Å². The van der Waals surface area contributed by atoms with Gasteiger partial charge in [-0.3, -0.25) is 4.90 Å². The van der Waals surface area contributed by atoms with Gasteiger partial charge in [-0.15, -0.1) is 24.8 Å². The van der Waals surface area contributed by atoms with Gasteiger partial charge in [0.05, 0.1) is 0 Å². The van der Waals surface area contributed by atoms with E-state index in [0.717, 1.165) is 42.6 Å². The van der Waals surface area contributed by atoms with E-state index in [-0.39, 0.29) is 36.7 Å². The van der Waals surface area contributed by atoms with Gasteiger partial charge in [-0.05, 0) is 24.5 Å². The van der Waals surface area contributed by atoms with E-state index >= 15 is 0 Å². The van der Waals surface area contributed by atoms with Crippen LogP contribution in [0.5, 0.6) is 0 Å². The molecular formula is C15H24BrCl2FN2. The second-order valence-electron chi connectivity index (χ2n) is 5.57. The van der Waals surface area contributed by atoms with Crippen molar-refractivity contribution in [2.75, 3.05) is 26.2 Å². The molecule has 0 aromatic heterocycles. The summed E-state index contributed by atoms with van der Waals surface area (Å²) < 4.78 is 15.1. The standard InChI is InChI=1S/C15H22BrFN2.2ClH/c1-11(2)10-14(19-8-6-18-7-9-19)15-12(16)4-3-5-13(15)17;;/h3-5,11,14,18H,6-10H2,1-2H3;2*1H/t14-;;/m1../s1. The fourth-order valence-electron chi connectivity index (χ4n) is 2.72. The van der Waals surface area contributed by atoms with E-state index in [4.69, 9.17) is 0 Å². The fourth-order valence-corrected chi connectivity index (χ4v) is 3.33. The highest BCUT2D eigenvalue weighted by Crippen LogP contribution is 2.34. The molecule has 2 nitrogen and oxygen atoms in total. The third-order valence-corrected chi connectivity index (χ3v) is 4.31. The maximum Gasteiger partial charge on any atom is 0.129 e. The Labute approximate surface area is 147 Å². The lowest BCUT2D eigenvalue weighted by atomic mass is 9.94. The molecule has 1 saturated heterocycles. The van der Waals surface area contributed by atoms with Crippen molar-refractivity contribution in [3.05, 3.63) is 34.1 Å². The second-order valence-corrected chi connectivity index (χ2v) is 6.42. The molecule has 1 N–H and O–H groups in total. The van der Waals surface area contributed by atoms with E-state index in [1.807, 2.05) is 6.07 Å². The van der Waals surface area contributed by atoms with Crippen LogP contribution in [-0.2, 0) is 0 Å². The summed E-state index contributed by atoms with van der Waals surface area (Å²) in [5.41, 5.74) is 0.818. The van der Waals surface area contributed by atoms with Gasteiger partial charge in [0.2, 0.25) is 0 Å². The number of hydrogen-bond donors (Lipinski definition) is 1. The van der Waals surface area contributed by atoms with Crippen LogP contribution in [0.15, 0.2) is 22.7 Å².